The SMILES string of the molecule is CC(=O)Oc1ccc2c(c1O)C13CCCCC1[C@@H](C2)N(C)CC3. The Bertz CT molecular complexity index is 656. The van der Waals surface area contributed by atoms with E-state index in [1.165, 1.54) is 31.7 Å². The number of rotatable bonds is 1. The van der Waals surface area contributed by atoms with E-state index in [4.69, 9.17) is 4.74 Å². The lowest BCUT2D eigenvalue weighted by atomic mass is 9.52. The first-order valence-corrected chi connectivity index (χ1v) is 8.77. The van der Waals surface area contributed by atoms with E-state index < -0.39 is 0 Å². The molecule has 1 aliphatic heterocycles. The van der Waals surface area contributed by atoms with Crippen LogP contribution in [0.25, 0.3) is 0 Å². The highest BCUT2D eigenvalue weighted by Crippen LogP contribution is 2.58. The van der Waals surface area contributed by atoms with Crippen molar-refractivity contribution in [2.45, 2.75) is 56.9 Å². The molecule has 1 N–H and O–H groups in total. The van der Waals surface area contributed by atoms with E-state index >= 15 is 0 Å². The van der Waals surface area contributed by atoms with E-state index in [2.05, 4.69) is 18.0 Å². The second-order valence-electron chi connectivity index (χ2n) is 7.55. The van der Waals surface area contributed by atoms with Crippen molar-refractivity contribution < 1.29 is 14.6 Å². The first-order valence-electron chi connectivity index (χ1n) is 8.77. The Morgan fingerprint density at radius 3 is 2.96 bits per heavy atom. The van der Waals surface area contributed by atoms with E-state index in [-0.39, 0.29) is 17.1 Å². The Hall–Kier alpha value is -1.55. The van der Waals surface area contributed by atoms with Crippen molar-refractivity contribution >= 4 is 5.97 Å². The lowest BCUT2D eigenvalue weighted by molar-refractivity contribution is -0.132. The number of fused-ring (bicyclic) bond motifs is 1. The number of likely N-dealkylation sites (tertiary alicyclic amines) is 1. The molecule has 2 fully saturated rings. The monoisotopic (exact) mass is 315 g/mol. The summed E-state index contributed by atoms with van der Waals surface area (Å²) in [6, 6.07) is 4.40. The number of phenolic OH excluding ortho intramolecular Hbond substituents is 1. The highest BCUT2D eigenvalue weighted by molar-refractivity contribution is 5.71. The van der Waals surface area contributed by atoms with Gasteiger partial charge in [0.1, 0.15) is 0 Å². The normalized spacial score (nSPS) is 32.8. The van der Waals surface area contributed by atoms with Crippen LogP contribution < -0.4 is 4.74 Å². The number of benzene rings is 1. The molecule has 124 valence electrons. The second-order valence-corrected chi connectivity index (χ2v) is 7.55. The molecule has 0 radical (unpaired) electrons. The van der Waals surface area contributed by atoms with Crippen molar-refractivity contribution in [3.8, 4) is 11.5 Å². The largest absolute Gasteiger partial charge is 0.504 e. The maximum atomic E-state index is 11.3. The average Bonchev–Trinajstić information content (AvgIpc) is 2.53. The summed E-state index contributed by atoms with van der Waals surface area (Å²) in [5.41, 5.74) is 2.40. The minimum Gasteiger partial charge on any atom is -0.504 e. The molecule has 2 aliphatic carbocycles. The van der Waals surface area contributed by atoms with Crippen LogP contribution in [0.3, 0.4) is 0 Å². The van der Waals surface area contributed by atoms with E-state index in [1.807, 2.05) is 0 Å². The molecule has 2 unspecified atom stereocenters. The summed E-state index contributed by atoms with van der Waals surface area (Å²) >= 11 is 0. The topological polar surface area (TPSA) is 49.8 Å². The Balaban J connectivity index is 1.88. The summed E-state index contributed by atoms with van der Waals surface area (Å²) in [5, 5.41) is 10.9. The van der Waals surface area contributed by atoms with Gasteiger partial charge in [-0.3, -0.25) is 4.79 Å². The molecule has 1 heterocycles. The van der Waals surface area contributed by atoms with Crippen molar-refractivity contribution in [1.82, 2.24) is 4.90 Å². The molecular weight excluding hydrogens is 290 g/mol. The molecule has 0 aromatic heterocycles. The molecular formula is C19H25NO3. The van der Waals surface area contributed by atoms with Gasteiger partial charge < -0.3 is 14.7 Å². The first kappa shape index (κ1) is 15.0. The van der Waals surface area contributed by atoms with Crippen molar-refractivity contribution in [2.75, 3.05) is 13.6 Å². The van der Waals surface area contributed by atoms with Crippen molar-refractivity contribution in [1.29, 1.82) is 0 Å². The van der Waals surface area contributed by atoms with Gasteiger partial charge in [-0.2, -0.15) is 0 Å². The molecule has 0 amide bonds. The predicted molar refractivity (Wildman–Crippen MR) is 87.8 cm³/mol. The lowest BCUT2D eigenvalue weighted by Crippen LogP contribution is -2.59. The molecule has 3 aliphatic rings. The number of ether oxygens (including phenoxy) is 1. The van der Waals surface area contributed by atoms with Gasteiger partial charge in [-0.1, -0.05) is 18.9 Å². The van der Waals surface area contributed by atoms with Gasteiger partial charge in [-0.05, 0) is 56.8 Å². The van der Waals surface area contributed by atoms with Gasteiger partial charge in [0.2, 0.25) is 0 Å². The third kappa shape index (κ3) is 2.11. The number of phenols is 1. The fourth-order valence-corrected chi connectivity index (χ4v) is 5.52. The molecule has 2 bridgehead atoms. The molecule has 1 aromatic carbocycles. The van der Waals surface area contributed by atoms with Crippen LogP contribution in [0.1, 0.15) is 50.2 Å². The number of likely N-dealkylation sites (N-methyl/N-ethyl adjacent to an activating group) is 1. The third-order valence-electron chi connectivity index (χ3n) is 6.45. The van der Waals surface area contributed by atoms with Crippen LogP contribution in [0.5, 0.6) is 11.5 Å². The second kappa shape index (κ2) is 5.23. The minimum absolute atomic E-state index is 0.0727. The maximum Gasteiger partial charge on any atom is 0.308 e. The number of aromatic hydroxyl groups is 1. The van der Waals surface area contributed by atoms with Crippen LogP contribution in [-0.2, 0) is 16.6 Å². The number of carbonyl (C=O) groups is 1. The number of esters is 1. The van der Waals surface area contributed by atoms with E-state index in [0.29, 0.717) is 17.7 Å². The molecule has 1 saturated carbocycles. The summed E-state index contributed by atoms with van der Waals surface area (Å²) in [7, 11) is 2.24. The molecule has 4 nitrogen and oxygen atoms in total. The molecule has 3 atom stereocenters. The molecule has 0 spiro atoms. The average molecular weight is 315 g/mol. The molecule has 1 saturated heterocycles. The minimum atomic E-state index is -0.380. The summed E-state index contributed by atoms with van der Waals surface area (Å²) in [6.07, 6.45) is 6.98. The number of hydrogen-bond donors (Lipinski definition) is 1. The summed E-state index contributed by atoms with van der Waals surface area (Å²) in [4.78, 5) is 13.8. The predicted octanol–water partition coefficient (Wildman–Crippen LogP) is 3.01. The Morgan fingerprint density at radius 2 is 2.17 bits per heavy atom. The highest BCUT2D eigenvalue weighted by atomic mass is 16.5. The summed E-state index contributed by atoms with van der Waals surface area (Å²) in [6.45, 7) is 2.46. The smallest absolute Gasteiger partial charge is 0.308 e. The van der Waals surface area contributed by atoms with Gasteiger partial charge >= 0.3 is 5.97 Å². The molecule has 23 heavy (non-hydrogen) atoms. The van der Waals surface area contributed by atoms with Gasteiger partial charge in [0, 0.05) is 23.9 Å². The quantitative estimate of drug-likeness (QED) is 0.639. The van der Waals surface area contributed by atoms with Gasteiger partial charge in [-0.15, -0.1) is 0 Å². The van der Waals surface area contributed by atoms with Crippen LogP contribution in [0.15, 0.2) is 12.1 Å². The number of hydrogen-bond acceptors (Lipinski definition) is 4. The van der Waals surface area contributed by atoms with E-state index in [1.54, 1.807) is 6.07 Å². The van der Waals surface area contributed by atoms with Gasteiger partial charge in [-0.25, -0.2) is 0 Å². The van der Waals surface area contributed by atoms with Crippen molar-refractivity contribution in [3.63, 3.8) is 0 Å². The van der Waals surface area contributed by atoms with E-state index in [0.717, 1.165) is 31.4 Å². The van der Waals surface area contributed by atoms with Crippen LogP contribution in [0, 0.1) is 5.92 Å². The number of carbonyl (C=O) groups excluding carboxylic acids is 1. The zero-order chi connectivity index (χ0) is 16.2. The first-order chi connectivity index (χ1) is 11.0. The molecule has 4 heteroatoms. The zero-order valence-electron chi connectivity index (χ0n) is 14.0. The van der Waals surface area contributed by atoms with E-state index in [9.17, 15) is 9.90 Å². The maximum absolute atomic E-state index is 11.3. The Labute approximate surface area is 137 Å². The lowest BCUT2D eigenvalue weighted by Gasteiger charge is -2.58. The van der Waals surface area contributed by atoms with Crippen LogP contribution in [0.2, 0.25) is 0 Å². The standard InChI is InChI=1S/C19H25NO3/c1-12(21)23-16-7-6-13-11-15-14-5-3-4-8-19(14,9-10-20(15)2)17(13)18(16)22/h6-7,14-15,22H,3-5,8-11H2,1-2H3/t14?,15-,19?/m1/s1. The van der Waals surface area contributed by atoms with Crippen LogP contribution >= 0.6 is 0 Å². The Morgan fingerprint density at radius 1 is 1.35 bits per heavy atom. The fraction of sp³-hybridized carbons (Fsp3) is 0.632. The van der Waals surface area contributed by atoms with Crippen LogP contribution in [-0.4, -0.2) is 35.6 Å². The summed E-state index contributed by atoms with van der Waals surface area (Å²) < 4.78 is 5.25. The van der Waals surface area contributed by atoms with Gasteiger partial charge in [0.05, 0.1) is 0 Å². The Kier molecular flexibility index (Phi) is 3.41. The van der Waals surface area contributed by atoms with Gasteiger partial charge in [0.15, 0.2) is 11.5 Å². The molecule has 1 aromatic rings. The third-order valence-corrected chi connectivity index (χ3v) is 6.45. The van der Waals surface area contributed by atoms with Crippen molar-refractivity contribution in [3.05, 3.63) is 23.3 Å². The fourth-order valence-electron chi connectivity index (χ4n) is 5.52. The van der Waals surface area contributed by atoms with Crippen molar-refractivity contribution in [2.24, 2.45) is 5.92 Å². The highest BCUT2D eigenvalue weighted by Gasteiger charge is 2.54. The van der Waals surface area contributed by atoms with Crippen LogP contribution in [0.4, 0.5) is 0 Å². The zero-order valence-corrected chi connectivity index (χ0v) is 14.0. The number of piperidine rings is 1. The number of nitrogens with zero attached hydrogens (tertiary/aromatic N) is 1. The van der Waals surface area contributed by atoms with Gasteiger partial charge in [0.25, 0.3) is 0 Å². The summed E-state index contributed by atoms with van der Waals surface area (Å²) in [5.74, 6) is 0.774. The molecule has 4 rings (SSSR count).